The van der Waals surface area contributed by atoms with Crippen LogP contribution < -0.4 is 16.8 Å². The molecule has 1 saturated carbocycles. The minimum atomic E-state index is -0.584. The number of unbranched alkanes of at least 4 members (excludes halogenated alkanes) is 20. The smallest absolute Gasteiger partial charge is 0.242 e. The molecule has 438 valence electrons. The van der Waals surface area contributed by atoms with Crippen LogP contribution in [0.25, 0.3) is 0 Å². The summed E-state index contributed by atoms with van der Waals surface area (Å²) in [5.41, 5.74) is 11.5. The molecule has 0 bridgehead atoms. The van der Waals surface area contributed by atoms with Crippen LogP contribution in [-0.2, 0) is 28.8 Å². The van der Waals surface area contributed by atoms with Crippen molar-refractivity contribution in [2.45, 2.75) is 253 Å². The van der Waals surface area contributed by atoms with Gasteiger partial charge in [0.2, 0.25) is 35.4 Å². The van der Waals surface area contributed by atoms with E-state index < -0.39 is 5.91 Å². The Kier molecular flexibility index (Phi) is 43.5. The Hall–Kier alpha value is -3.26. The van der Waals surface area contributed by atoms with Gasteiger partial charge in [0.05, 0.1) is 39.3 Å². The van der Waals surface area contributed by atoms with Crippen molar-refractivity contribution in [2.75, 3.05) is 85.1 Å². The molecule has 0 spiro atoms. The molecule has 1 fully saturated rings. The monoisotopic (exact) mass is 1060 g/mol. The summed E-state index contributed by atoms with van der Waals surface area (Å²) in [5, 5.41) is 3.13. The highest BCUT2D eigenvalue weighted by molar-refractivity contribution is 5.92. The van der Waals surface area contributed by atoms with Crippen molar-refractivity contribution in [3.05, 3.63) is 0 Å². The lowest BCUT2D eigenvalue weighted by Gasteiger charge is -2.35. The Bertz CT molecular complexity index is 1480. The van der Waals surface area contributed by atoms with E-state index in [0.29, 0.717) is 45.8 Å². The van der Waals surface area contributed by atoms with E-state index in [9.17, 15) is 24.0 Å². The van der Waals surface area contributed by atoms with E-state index in [2.05, 4.69) is 46.9 Å². The summed E-state index contributed by atoms with van der Waals surface area (Å²) in [4.78, 5) is 93.2. The Morgan fingerprint density at radius 3 is 1.21 bits per heavy atom. The van der Waals surface area contributed by atoms with Gasteiger partial charge in [0.15, 0.2) is 0 Å². The maximum atomic E-state index is 15.0. The lowest BCUT2D eigenvalue weighted by molar-refractivity contribution is -0.148. The number of rotatable bonds is 50. The number of nitrogens with one attached hydrogen (secondary N) is 1. The molecule has 0 aromatic carbocycles. The maximum Gasteiger partial charge on any atom is 0.242 e. The summed E-state index contributed by atoms with van der Waals surface area (Å²) in [6.07, 6.45) is 35.8. The highest BCUT2D eigenvalue weighted by Gasteiger charge is 2.31. The third-order valence-corrected chi connectivity index (χ3v) is 15.8. The Labute approximate surface area is 460 Å². The van der Waals surface area contributed by atoms with Gasteiger partial charge < -0.3 is 41.3 Å². The first-order chi connectivity index (χ1) is 36.4. The zero-order valence-corrected chi connectivity index (χ0v) is 49.6. The maximum absolute atomic E-state index is 15.0. The molecule has 0 radical (unpaired) electrons. The van der Waals surface area contributed by atoms with Gasteiger partial charge in [0.25, 0.3) is 0 Å². The first kappa shape index (κ1) is 69.8. The molecular weight excluding hydrogens is 941 g/mol. The third kappa shape index (κ3) is 35.0. The molecule has 2 atom stereocenters. The van der Waals surface area contributed by atoms with Crippen LogP contribution in [0.1, 0.15) is 253 Å². The molecule has 14 nitrogen and oxygen atoms in total. The summed E-state index contributed by atoms with van der Waals surface area (Å²) >= 11 is 0. The second-order valence-electron chi connectivity index (χ2n) is 22.6. The second kappa shape index (κ2) is 46.8. The number of carbonyl (C=O) groups excluding carboxylic acids is 6. The number of nitrogens with two attached hydrogens (primary N) is 2. The molecule has 75 heavy (non-hydrogen) atoms. The zero-order valence-electron chi connectivity index (χ0n) is 49.6. The number of primary amides is 1. The van der Waals surface area contributed by atoms with E-state index in [1.807, 2.05) is 0 Å². The largest absolute Gasteiger partial charge is 0.368 e. The van der Waals surface area contributed by atoms with Crippen molar-refractivity contribution < 1.29 is 28.8 Å². The lowest BCUT2D eigenvalue weighted by Crippen LogP contribution is -2.53. The van der Waals surface area contributed by atoms with Crippen LogP contribution in [-0.4, -0.2) is 145 Å². The van der Waals surface area contributed by atoms with Gasteiger partial charge in [-0.3, -0.25) is 28.8 Å². The first-order valence-corrected chi connectivity index (χ1v) is 31.4. The average Bonchev–Trinajstić information content (AvgIpc) is 3.40. The number of hydrogen-bond donors (Lipinski definition) is 3. The van der Waals surface area contributed by atoms with E-state index in [-0.39, 0.29) is 86.6 Å². The van der Waals surface area contributed by atoms with Crippen LogP contribution in [0.4, 0.5) is 0 Å². The SMILES string of the molecule is CCCCCCCCCCCCN(CC(=O)N(CC(=O)N(CC(=O)N(CCCCCCCCCCCC)CC(=O)N(CC(N)=O)CC(CC)CCCC)CC1CCCCC1)CC(CC)CCCC)C(=O)CNCCN. The van der Waals surface area contributed by atoms with E-state index in [0.717, 1.165) is 128 Å². The highest BCUT2D eigenvalue weighted by atomic mass is 16.2. The van der Waals surface area contributed by atoms with Gasteiger partial charge in [-0.1, -0.05) is 215 Å². The van der Waals surface area contributed by atoms with Crippen LogP contribution >= 0.6 is 0 Å². The van der Waals surface area contributed by atoms with Gasteiger partial charge in [-0.05, 0) is 56.3 Å². The number of nitrogens with zero attached hydrogens (tertiary/aromatic N) is 5. The number of amides is 6. The Morgan fingerprint density at radius 2 is 0.800 bits per heavy atom. The van der Waals surface area contributed by atoms with Crippen LogP contribution in [0.2, 0.25) is 0 Å². The number of hydrogen-bond acceptors (Lipinski definition) is 8. The Balaban J connectivity index is 3.52. The summed E-state index contributed by atoms with van der Waals surface area (Å²) in [7, 11) is 0. The fraction of sp³-hybridized carbons (Fsp3) is 0.902. The standard InChI is InChI=1S/C61H118N8O6/c1-7-13-17-19-21-23-25-27-29-34-42-65(57(71)44-64-41-40-62)49-60(74)68(46-54(12-6)37-16-10-4)52-61(75)69(47-55-38-32-31-33-39-55)51-58(72)66(43-35-30-28-26-24-22-20-18-14-8-2)50-59(73)67(48-56(63)70)45-53(11-5)36-15-9-3/h53-55,64H,7-52,62H2,1-6H3,(H2,63,70). The summed E-state index contributed by atoms with van der Waals surface area (Å²) in [5.74, 6) is -1.28. The van der Waals surface area contributed by atoms with Crippen molar-refractivity contribution in [1.29, 1.82) is 0 Å². The molecule has 1 aliphatic carbocycles. The minimum absolute atomic E-state index is 0.0863. The molecule has 2 unspecified atom stereocenters. The molecule has 5 N–H and O–H groups in total. The molecule has 0 saturated heterocycles. The van der Waals surface area contributed by atoms with Crippen LogP contribution in [0, 0.1) is 17.8 Å². The molecule has 1 aliphatic rings. The van der Waals surface area contributed by atoms with Crippen molar-refractivity contribution >= 4 is 35.4 Å². The fourth-order valence-electron chi connectivity index (χ4n) is 10.7. The van der Waals surface area contributed by atoms with Crippen molar-refractivity contribution in [1.82, 2.24) is 29.8 Å². The topological polar surface area (TPSA) is 183 Å². The predicted molar refractivity (Wildman–Crippen MR) is 311 cm³/mol. The number of carbonyl (C=O) groups is 6. The van der Waals surface area contributed by atoms with Gasteiger partial charge >= 0.3 is 0 Å². The normalized spacial score (nSPS) is 13.6. The molecule has 1 rings (SSSR count). The fourth-order valence-corrected chi connectivity index (χ4v) is 10.7. The van der Waals surface area contributed by atoms with E-state index in [4.69, 9.17) is 11.5 Å². The van der Waals surface area contributed by atoms with Crippen molar-refractivity contribution in [2.24, 2.45) is 29.2 Å². The van der Waals surface area contributed by atoms with Crippen LogP contribution in [0.5, 0.6) is 0 Å². The van der Waals surface area contributed by atoms with Gasteiger partial charge in [0.1, 0.15) is 0 Å². The molecule has 6 amide bonds. The van der Waals surface area contributed by atoms with Gasteiger partial charge in [-0.2, -0.15) is 0 Å². The van der Waals surface area contributed by atoms with Crippen LogP contribution in [0.15, 0.2) is 0 Å². The average molecular weight is 1060 g/mol. The molecule has 0 aliphatic heterocycles. The second-order valence-corrected chi connectivity index (χ2v) is 22.6. The minimum Gasteiger partial charge on any atom is -0.368 e. The highest BCUT2D eigenvalue weighted by Crippen LogP contribution is 2.25. The van der Waals surface area contributed by atoms with E-state index >= 15 is 4.79 Å². The first-order valence-electron chi connectivity index (χ1n) is 31.4. The quantitative estimate of drug-likeness (QED) is 0.0503. The van der Waals surface area contributed by atoms with E-state index in [1.54, 1.807) is 24.5 Å². The summed E-state index contributed by atoms with van der Waals surface area (Å²) in [6.45, 7) is 15.1. The zero-order chi connectivity index (χ0) is 55.3. The molecule has 0 aromatic rings. The van der Waals surface area contributed by atoms with Crippen LogP contribution in [0.3, 0.4) is 0 Å². The van der Waals surface area contributed by atoms with Gasteiger partial charge in [-0.25, -0.2) is 0 Å². The van der Waals surface area contributed by atoms with E-state index in [1.165, 1.54) is 83.5 Å². The van der Waals surface area contributed by atoms with Crippen molar-refractivity contribution in [3.63, 3.8) is 0 Å². The Morgan fingerprint density at radius 1 is 0.440 bits per heavy atom. The lowest BCUT2D eigenvalue weighted by atomic mass is 9.89. The van der Waals surface area contributed by atoms with Crippen molar-refractivity contribution in [3.8, 4) is 0 Å². The molecule has 0 aromatic heterocycles. The molecular formula is C61H118N8O6. The summed E-state index contributed by atoms with van der Waals surface area (Å²) in [6, 6.07) is 0. The third-order valence-electron chi connectivity index (χ3n) is 15.8. The van der Waals surface area contributed by atoms with Gasteiger partial charge in [0, 0.05) is 45.8 Å². The predicted octanol–water partition coefficient (Wildman–Crippen LogP) is 11.0. The van der Waals surface area contributed by atoms with Gasteiger partial charge in [-0.15, -0.1) is 0 Å². The molecule has 14 heteroatoms. The summed E-state index contributed by atoms with van der Waals surface area (Å²) < 4.78 is 0. The molecule has 0 heterocycles.